The van der Waals surface area contributed by atoms with Gasteiger partial charge >= 0.3 is 0 Å². The van der Waals surface area contributed by atoms with Gasteiger partial charge in [0.2, 0.25) is 5.91 Å². The van der Waals surface area contributed by atoms with E-state index in [1.807, 2.05) is 17.9 Å². The zero-order chi connectivity index (χ0) is 28.8. The van der Waals surface area contributed by atoms with Crippen LogP contribution in [0.2, 0.25) is 0 Å². The van der Waals surface area contributed by atoms with E-state index in [9.17, 15) is 14.7 Å². The van der Waals surface area contributed by atoms with Gasteiger partial charge in [0.1, 0.15) is 30.6 Å². The van der Waals surface area contributed by atoms with Gasteiger partial charge in [-0.2, -0.15) is 0 Å². The average molecular weight is 563 g/mol. The van der Waals surface area contributed by atoms with Crippen LogP contribution in [0.15, 0.2) is 41.4 Å². The first-order valence-corrected chi connectivity index (χ1v) is 14.2. The molecule has 2 aliphatic heterocycles. The number of aliphatic hydroxyl groups is 1. The first-order chi connectivity index (χ1) is 19.8. The molecule has 1 atom stereocenters. The third-order valence-electron chi connectivity index (χ3n) is 7.99. The minimum atomic E-state index is -0.706. The number of piperidine rings is 1. The summed E-state index contributed by atoms with van der Waals surface area (Å²) in [6.07, 6.45) is 5.78. The number of β-amino-alcohol motifs (C(OH)–C–C–N with tert-alkyl or cyclic N) is 1. The molecule has 2 aliphatic rings. The van der Waals surface area contributed by atoms with E-state index < -0.39 is 6.10 Å². The second kappa shape index (κ2) is 13.2. The fourth-order valence-electron chi connectivity index (χ4n) is 5.49. The lowest BCUT2D eigenvalue weighted by Gasteiger charge is -2.31. The summed E-state index contributed by atoms with van der Waals surface area (Å²) in [7, 11) is 0. The molecule has 11 nitrogen and oxygen atoms in total. The molecule has 1 saturated heterocycles. The van der Waals surface area contributed by atoms with E-state index in [4.69, 9.17) is 9.26 Å². The number of likely N-dealkylation sites (tertiary alicyclic amines) is 1. The Kier molecular flexibility index (Phi) is 9.25. The predicted molar refractivity (Wildman–Crippen MR) is 150 cm³/mol. The van der Waals surface area contributed by atoms with Gasteiger partial charge in [-0.05, 0) is 67.9 Å². The number of benzene rings is 1. The zero-order valence-corrected chi connectivity index (χ0v) is 23.7. The molecule has 0 spiro atoms. The first kappa shape index (κ1) is 28.7. The third kappa shape index (κ3) is 7.68. The maximum absolute atomic E-state index is 12.8. The fourth-order valence-corrected chi connectivity index (χ4v) is 5.49. The van der Waals surface area contributed by atoms with Crippen molar-refractivity contribution in [2.75, 3.05) is 32.7 Å². The summed E-state index contributed by atoms with van der Waals surface area (Å²) in [6.45, 7) is 7.57. The van der Waals surface area contributed by atoms with Crippen LogP contribution in [0.3, 0.4) is 0 Å². The van der Waals surface area contributed by atoms with Crippen molar-refractivity contribution >= 4 is 11.8 Å². The Bertz CT molecular complexity index is 1350. The van der Waals surface area contributed by atoms with Crippen LogP contribution in [0.4, 0.5) is 0 Å². The van der Waals surface area contributed by atoms with Crippen molar-refractivity contribution in [3.8, 4) is 5.75 Å². The van der Waals surface area contributed by atoms with Crippen molar-refractivity contribution in [1.29, 1.82) is 0 Å². The van der Waals surface area contributed by atoms with Crippen molar-refractivity contribution in [3.05, 3.63) is 70.6 Å². The third-order valence-corrected chi connectivity index (χ3v) is 7.99. The molecule has 1 aromatic carbocycles. The highest BCUT2D eigenvalue weighted by Crippen LogP contribution is 2.25. The molecule has 0 aliphatic carbocycles. The van der Waals surface area contributed by atoms with Gasteiger partial charge in [0.05, 0.1) is 17.4 Å². The molecule has 0 saturated carbocycles. The lowest BCUT2D eigenvalue weighted by molar-refractivity contribution is -0.130. The molecule has 218 valence electrons. The molecule has 5 rings (SSSR count). The van der Waals surface area contributed by atoms with E-state index >= 15 is 0 Å². The second-order valence-electron chi connectivity index (χ2n) is 11.0. The van der Waals surface area contributed by atoms with E-state index in [1.165, 1.54) is 17.5 Å². The van der Waals surface area contributed by atoms with Crippen molar-refractivity contribution in [3.63, 3.8) is 0 Å². The van der Waals surface area contributed by atoms with Crippen molar-refractivity contribution in [2.45, 2.75) is 58.8 Å². The summed E-state index contributed by atoms with van der Waals surface area (Å²) in [4.78, 5) is 36.9. The number of nitrogens with zero attached hydrogens (tertiary/aromatic N) is 5. The highest BCUT2D eigenvalue weighted by molar-refractivity contribution is 5.92. The maximum Gasteiger partial charge on any atom is 0.270 e. The van der Waals surface area contributed by atoms with Crippen molar-refractivity contribution in [2.24, 2.45) is 5.92 Å². The summed E-state index contributed by atoms with van der Waals surface area (Å²) in [5.41, 5.74) is 5.33. The number of amides is 2. The molecule has 4 heterocycles. The Balaban J connectivity index is 1.05. The number of carbonyl (C=O) groups excluding carboxylic acids is 2. The summed E-state index contributed by atoms with van der Waals surface area (Å²) < 4.78 is 10.9. The molecule has 2 aromatic heterocycles. The van der Waals surface area contributed by atoms with Gasteiger partial charge < -0.3 is 24.6 Å². The topological polar surface area (TPSA) is 134 Å². The standard InChI is InChI=1S/C30H38N6O5/c1-20-25(18-41-34-20)17-40-28-4-3-24-15-35(8-7-23(24)12-28)16-27(38)14-31-30(39)29-13-26(32-19-33-29)11-22-5-9-36(10-6-22)21(2)37/h3-4,12-13,18-19,22,27,38H,5-11,14-17H2,1-2H3,(H,31,39)/t27-/m0/s1. The monoisotopic (exact) mass is 562 g/mol. The summed E-state index contributed by atoms with van der Waals surface area (Å²) in [6, 6.07) is 7.85. The highest BCUT2D eigenvalue weighted by Gasteiger charge is 2.23. The summed E-state index contributed by atoms with van der Waals surface area (Å²) >= 11 is 0. The average Bonchev–Trinajstić information content (AvgIpc) is 3.39. The van der Waals surface area contributed by atoms with Crippen LogP contribution in [0, 0.1) is 12.8 Å². The lowest BCUT2D eigenvalue weighted by atomic mass is 9.92. The number of aryl methyl sites for hydroxylation is 1. The van der Waals surface area contributed by atoms with E-state index in [0.29, 0.717) is 24.8 Å². The molecule has 0 radical (unpaired) electrons. The molecule has 0 bridgehead atoms. The number of aliphatic hydroxyl groups excluding tert-OH is 1. The smallest absolute Gasteiger partial charge is 0.270 e. The molecule has 1 fully saturated rings. The van der Waals surface area contributed by atoms with E-state index in [-0.39, 0.29) is 18.4 Å². The van der Waals surface area contributed by atoms with E-state index in [1.54, 1.807) is 19.3 Å². The van der Waals surface area contributed by atoms with Crippen molar-refractivity contribution in [1.82, 2.24) is 30.2 Å². The van der Waals surface area contributed by atoms with Crippen LogP contribution in [-0.4, -0.2) is 80.7 Å². The minimum absolute atomic E-state index is 0.117. The minimum Gasteiger partial charge on any atom is -0.489 e. The summed E-state index contributed by atoms with van der Waals surface area (Å²) in [5, 5.41) is 17.3. The van der Waals surface area contributed by atoms with E-state index in [0.717, 1.165) is 74.6 Å². The number of aromatic nitrogens is 3. The number of fused-ring (bicyclic) bond motifs is 1. The molecule has 11 heteroatoms. The SMILES string of the molecule is CC(=O)N1CCC(Cc2cc(C(=O)NC[C@H](O)CN3CCc4cc(OCc5conc5C)ccc4C3)ncn2)CC1. The Labute approximate surface area is 239 Å². The van der Waals surface area contributed by atoms with Gasteiger partial charge in [0.15, 0.2) is 0 Å². The quantitative estimate of drug-likeness (QED) is 0.382. The van der Waals surface area contributed by atoms with E-state index in [2.05, 4.69) is 37.5 Å². The van der Waals surface area contributed by atoms with Gasteiger partial charge in [-0.25, -0.2) is 9.97 Å². The molecule has 2 amide bonds. The Hall–Kier alpha value is -3.83. The number of carbonyl (C=O) groups is 2. The molecule has 2 N–H and O–H groups in total. The largest absolute Gasteiger partial charge is 0.489 e. The van der Waals surface area contributed by atoms with Gasteiger partial charge in [-0.15, -0.1) is 0 Å². The zero-order valence-electron chi connectivity index (χ0n) is 23.7. The highest BCUT2D eigenvalue weighted by atomic mass is 16.5. The predicted octanol–water partition coefficient (Wildman–Crippen LogP) is 2.30. The molecule has 0 unspecified atom stereocenters. The normalized spacial score (nSPS) is 16.7. The number of rotatable bonds is 10. The van der Waals surface area contributed by atoms with Crippen LogP contribution in [0.1, 0.15) is 58.3 Å². The number of nitrogens with one attached hydrogen (secondary N) is 1. The first-order valence-electron chi connectivity index (χ1n) is 14.2. The number of ether oxygens (including phenoxy) is 1. The Morgan fingerprint density at radius 3 is 2.76 bits per heavy atom. The fraction of sp³-hybridized carbons (Fsp3) is 0.500. The molecular weight excluding hydrogens is 524 g/mol. The molecule has 41 heavy (non-hydrogen) atoms. The van der Waals surface area contributed by atoms with Gasteiger partial charge in [0, 0.05) is 51.9 Å². The lowest BCUT2D eigenvalue weighted by Crippen LogP contribution is -2.42. The second-order valence-corrected chi connectivity index (χ2v) is 11.0. The van der Waals surface area contributed by atoms with Crippen molar-refractivity contribution < 1.29 is 24.0 Å². The van der Waals surface area contributed by atoms with Crippen LogP contribution in [0.25, 0.3) is 0 Å². The Morgan fingerprint density at radius 1 is 1.17 bits per heavy atom. The summed E-state index contributed by atoms with van der Waals surface area (Å²) in [5.74, 6) is 1.03. The maximum atomic E-state index is 12.8. The number of hydrogen-bond donors (Lipinski definition) is 2. The van der Waals surface area contributed by atoms with Crippen LogP contribution in [-0.2, 0) is 30.8 Å². The van der Waals surface area contributed by atoms with Crippen LogP contribution >= 0.6 is 0 Å². The van der Waals surface area contributed by atoms with Gasteiger partial charge in [0.25, 0.3) is 5.91 Å². The molecular formula is C30H38N6O5. The molecule has 3 aromatic rings. The Morgan fingerprint density at radius 2 is 2.00 bits per heavy atom. The van der Waals surface area contributed by atoms with Gasteiger partial charge in [-0.3, -0.25) is 14.5 Å². The van der Waals surface area contributed by atoms with Crippen LogP contribution < -0.4 is 10.1 Å². The van der Waals surface area contributed by atoms with Crippen LogP contribution in [0.5, 0.6) is 5.75 Å². The van der Waals surface area contributed by atoms with Gasteiger partial charge in [-0.1, -0.05) is 11.2 Å². The number of hydrogen-bond acceptors (Lipinski definition) is 9.